The molecule has 1 fully saturated rings. The Labute approximate surface area is 118 Å². The highest BCUT2D eigenvalue weighted by Gasteiger charge is 2.09. The van der Waals surface area contributed by atoms with Crippen LogP contribution in [0.15, 0.2) is 30.5 Å². The fourth-order valence-corrected chi connectivity index (χ4v) is 2.49. The number of nitrogens with two attached hydrogens (primary N) is 1. The lowest BCUT2D eigenvalue weighted by atomic mass is 10.1. The van der Waals surface area contributed by atoms with E-state index in [1.807, 2.05) is 30.5 Å². The molecule has 3 rings (SSSR count). The molecule has 0 bridgehead atoms. The Morgan fingerprint density at radius 2 is 2.10 bits per heavy atom. The van der Waals surface area contributed by atoms with Crippen molar-refractivity contribution in [3.05, 3.63) is 30.5 Å². The van der Waals surface area contributed by atoms with Crippen molar-refractivity contribution in [1.82, 2.24) is 9.88 Å². The molecule has 106 valence electrons. The second kappa shape index (κ2) is 6.07. The topological polar surface area (TPSA) is 63.4 Å². The third-order valence-corrected chi connectivity index (χ3v) is 3.61. The summed E-state index contributed by atoms with van der Waals surface area (Å²) in [5.41, 5.74) is 6.59. The number of aromatic nitrogens is 1. The minimum atomic E-state index is 0.781. The van der Waals surface area contributed by atoms with E-state index in [-0.39, 0.29) is 0 Å². The maximum Gasteiger partial charge on any atom is 0.133 e. The molecular formula is C15H20N4O. The van der Waals surface area contributed by atoms with E-state index in [4.69, 9.17) is 10.5 Å². The molecule has 20 heavy (non-hydrogen) atoms. The van der Waals surface area contributed by atoms with Gasteiger partial charge in [0.25, 0.3) is 0 Å². The van der Waals surface area contributed by atoms with E-state index in [9.17, 15) is 0 Å². The summed E-state index contributed by atoms with van der Waals surface area (Å²) < 4.78 is 5.35. The number of hydrogen-bond acceptors (Lipinski definition) is 5. The molecular weight excluding hydrogens is 252 g/mol. The highest BCUT2D eigenvalue weighted by molar-refractivity contribution is 5.93. The molecule has 1 aromatic carbocycles. The number of ether oxygens (including phenoxy) is 1. The van der Waals surface area contributed by atoms with Crippen LogP contribution in [0.1, 0.15) is 0 Å². The number of rotatable bonds is 4. The number of fused-ring (bicyclic) bond motifs is 1. The monoisotopic (exact) mass is 272 g/mol. The summed E-state index contributed by atoms with van der Waals surface area (Å²) in [6.07, 6.45) is 1.82. The minimum absolute atomic E-state index is 0.781. The molecule has 2 heterocycles. The molecule has 1 aliphatic heterocycles. The number of morpholine rings is 1. The Morgan fingerprint density at radius 1 is 1.25 bits per heavy atom. The molecule has 0 spiro atoms. The van der Waals surface area contributed by atoms with Gasteiger partial charge in [0.2, 0.25) is 0 Å². The van der Waals surface area contributed by atoms with Gasteiger partial charge in [0, 0.05) is 43.4 Å². The van der Waals surface area contributed by atoms with Crippen LogP contribution in [0.5, 0.6) is 0 Å². The Hall–Kier alpha value is -1.85. The summed E-state index contributed by atoms with van der Waals surface area (Å²) >= 11 is 0. The van der Waals surface area contributed by atoms with Gasteiger partial charge in [-0.1, -0.05) is 0 Å². The Kier molecular flexibility index (Phi) is 3.99. The summed E-state index contributed by atoms with van der Waals surface area (Å²) in [6, 6.07) is 7.90. The Bertz CT molecular complexity index is 581. The summed E-state index contributed by atoms with van der Waals surface area (Å²) in [7, 11) is 0. The Morgan fingerprint density at radius 3 is 2.95 bits per heavy atom. The number of nitrogen functional groups attached to an aromatic ring is 1. The molecule has 3 N–H and O–H groups in total. The predicted octanol–water partition coefficient (Wildman–Crippen LogP) is 1.56. The van der Waals surface area contributed by atoms with Gasteiger partial charge in [-0.05, 0) is 29.7 Å². The van der Waals surface area contributed by atoms with Gasteiger partial charge in [0.15, 0.2) is 0 Å². The average Bonchev–Trinajstić information content (AvgIpc) is 2.48. The van der Waals surface area contributed by atoms with Gasteiger partial charge in [0.1, 0.15) is 5.82 Å². The quantitative estimate of drug-likeness (QED) is 0.827. The van der Waals surface area contributed by atoms with E-state index >= 15 is 0 Å². The van der Waals surface area contributed by atoms with Crippen molar-refractivity contribution in [1.29, 1.82) is 0 Å². The van der Waals surface area contributed by atoms with E-state index in [1.54, 1.807) is 0 Å². The van der Waals surface area contributed by atoms with E-state index < -0.39 is 0 Å². The van der Waals surface area contributed by atoms with Crippen molar-refractivity contribution in [2.45, 2.75) is 0 Å². The first-order chi connectivity index (χ1) is 9.83. The molecule has 5 heteroatoms. The Balaban J connectivity index is 1.65. The number of hydrogen-bond donors (Lipinski definition) is 2. The van der Waals surface area contributed by atoms with E-state index in [2.05, 4.69) is 15.2 Å². The lowest BCUT2D eigenvalue weighted by Gasteiger charge is -2.26. The third-order valence-electron chi connectivity index (χ3n) is 3.61. The van der Waals surface area contributed by atoms with Crippen LogP contribution in [0.4, 0.5) is 11.5 Å². The zero-order valence-corrected chi connectivity index (χ0v) is 11.5. The van der Waals surface area contributed by atoms with Crippen molar-refractivity contribution in [2.75, 3.05) is 50.4 Å². The van der Waals surface area contributed by atoms with Crippen LogP contribution < -0.4 is 11.1 Å². The van der Waals surface area contributed by atoms with Crippen LogP contribution in [-0.2, 0) is 4.74 Å². The van der Waals surface area contributed by atoms with E-state index in [0.29, 0.717) is 0 Å². The molecule has 1 aromatic heterocycles. The normalized spacial score (nSPS) is 16.4. The van der Waals surface area contributed by atoms with Crippen molar-refractivity contribution in [2.24, 2.45) is 0 Å². The first-order valence-corrected chi connectivity index (χ1v) is 7.01. The molecule has 1 saturated heterocycles. The van der Waals surface area contributed by atoms with Gasteiger partial charge in [0.05, 0.1) is 13.2 Å². The van der Waals surface area contributed by atoms with Gasteiger partial charge in [-0.25, -0.2) is 4.98 Å². The standard InChI is InChI=1S/C15H20N4O/c16-13-1-2-14-12(11-13)3-4-17-15(14)18-5-6-19-7-9-20-10-8-19/h1-4,11H,5-10,16H2,(H,17,18). The molecule has 0 saturated carbocycles. The van der Waals surface area contributed by atoms with Gasteiger partial charge in [-0.15, -0.1) is 0 Å². The molecule has 0 aliphatic carbocycles. The van der Waals surface area contributed by atoms with Crippen molar-refractivity contribution < 1.29 is 4.74 Å². The second-order valence-electron chi connectivity index (χ2n) is 5.02. The fraction of sp³-hybridized carbons (Fsp3) is 0.400. The minimum Gasteiger partial charge on any atom is -0.399 e. The zero-order valence-electron chi connectivity index (χ0n) is 11.5. The highest BCUT2D eigenvalue weighted by Crippen LogP contribution is 2.22. The van der Waals surface area contributed by atoms with Gasteiger partial charge in [-0.3, -0.25) is 4.90 Å². The van der Waals surface area contributed by atoms with E-state index in [1.165, 1.54) is 0 Å². The zero-order chi connectivity index (χ0) is 13.8. The van der Waals surface area contributed by atoms with Crippen LogP contribution in [-0.4, -0.2) is 49.3 Å². The maximum absolute atomic E-state index is 5.81. The third kappa shape index (κ3) is 3.00. The lowest BCUT2D eigenvalue weighted by molar-refractivity contribution is 0.0398. The van der Waals surface area contributed by atoms with Gasteiger partial charge >= 0.3 is 0 Å². The number of anilines is 2. The van der Waals surface area contributed by atoms with E-state index in [0.717, 1.165) is 61.7 Å². The number of nitrogens with zero attached hydrogens (tertiary/aromatic N) is 2. The van der Waals surface area contributed by atoms with Crippen LogP contribution in [0.25, 0.3) is 10.8 Å². The highest BCUT2D eigenvalue weighted by atomic mass is 16.5. The second-order valence-corrected chi connectivity index (χ2v) is 5.02. The molecule has 2 aromatic rings. The fourth-order valence-electron chi connectivity index (χ4n) is 2.49. The predicted molar refractivity (Wildman–Crippen MR) is 81.9 cm³/mol. The van der Waals surface area contributed by atoms with Crippen LogP contribution in [0.3, 0.4) is 0 Å². The van der Waals surface area contributed by atoms with Crippen LogP contribution in [0, 0.1) is 0 Å². The van der Waals surface area contributed by atoms with Crippen molar-refractivity contribution >= 4 is 22.3 Å². The number of pyridine rings is 1. The van der Waals surface area contributed by atoms with Gasteiger partial charge < -0.3 is 15.8 Å². The van der Waals surface area contributed by atoms with Crippen molar-refractivity contribution in [3.8, 4) is 0 Å². The van der Waals surface area contributed by atoms with Crippen LogP contribution >= 0.6 is 0 Å². The molecule has 0 atom stereocenters. The molecule has 0 unspecified atom stereocenters. The molecule has 0 radical (unpaired) electrons. The summed E-state index contributed by atoms with van der Waals surface area (Å²) in [5.74, 6) is 0.927. The summed E-state index contributed by atoms with van der Waals surface area (Å²) in [6.45, 7) is 5.60. The summed E-state index contributed by atoms with van der Waals surface area (Å²) in [4.78, 5) is 6.83. The first-order valence-electron chi connectivity index (χ1n) is 7.01. The van der Waals surface area contributed by atoms with Gasteiger partial charge in [-0.2, -0.15) is 0 Å². The largest absolute Gasteiger partial charge is 0.399 e. The maximum atomic E-state index is 5.81. The molecule has 0 amide bonds. The molecule has 1 aliphatic rings. The van der Waals surface area contributed by atoms with Crippen molar-refractivity contribution in [3.63, 3.8) is 0 Å². The van der Waals surface area contributed by atoms with Crippen LogP contribution in [0.2, 0.25) is 0 Å². The lowest BCUT2D eigenvalue weighted by Crippen LogP contribution is -2.39. The molecule has 5 nitrogen and oxygen atoms in total. The summed E-state index contributed by atoms with van der Waals surface area (Å²) in [5, 5.41) is 5.65. The first kappa shape index (κ1) is 13.1. The average molecular weight is 272 g/mol. The smallest absolute Gasteiger partial charge is 0.133 e. The number of benzene rings is 1. The number of nitrogens with one attached hydrogen (secondary N) is 1. The SMILES string of the molecule is Nc1ccc2c(NCCN3CCOCC3)nccc2c1.